The van der Waals surface area contributed by atoms with Crippen LogP contribution in [0.25, 0.3) is 0 Å². The molecule has 0 saturated carbocycles. The van der Waals surface area contributed by atoms with Gasteiger partial charge in [-0.15, -0.1) is 0 Å². The van der Waals surface area contributed by atoms with Crippen molar-refractivity contribution >= 4 is 27.6 Å². The predicted octanol–water partition coefficient (Wildman–Crippen LogP) is 3.53. The molecule has 1 saturated heterocycles. The molecule has 1 aliphatic rings. The van der Waals surface area contributed by atoms with Crippen molar-refractivity contribution in [2.75, 3.05) is 25.0 Å². The highest BCUT2D eigenvalue weighted by Gasteiger charge is 2.28. The van der Waals surface area contributed by atoms with Gasteiger partial charge in [0.1, 0.15) is 0 Å². The maximum atomic E-state index is 13.0. The number of piperidine rings is 1. The highest BCUT2D eigenvalue weighted by Crippen LogP contribution is 2.24. The predicted molar refractivity (Wildman–Crippen MR) is 119 cm³/mol. The molecule has 0 aliphatic carbocycles. The highest BCUT2D eigenvalue weighted by molar-refractivity contribution is 7.89. The molecular weight excluding hydrogens is 416 g/mol. The fourth-order valence-electron chi connectivity index (χ4n) is 3.53. The molecule has 3 rings (SSSR count). The van der Waals surface area contributed by atoms with Gasteiger partial charge in [-0.1, -0.05) is 31.5 Å². The highest BCUT2D eigenvalue weighted by atomic mass is 32.2. The third-order valence-corrected chi connectivity index (χ3v) is 7.35. The Kier molecular flexibility index (Phi) is 7.46. The van der Waals surface area contributed by atoms with Gasteiger partial charge in [-0.3, -0.25) is 4.79 Å². The number of carbonyl (C=O) groups is 2. The lowest BCUT2D eigenvalue weighted by Gasteiger charge is -2.26. The van der Waals surface area contributed by atoms with Crippen molar-refractivity contribution in [3.8, 4) is 0 Å². The van der Waals surface area contributed by atoms with Gasteiger partial charge in [0.15, 0.2) is 6.61 Å². The average molecular weight is 445 g/mol. The van der Waals surface area contributed by atoms with E-state index in [4.69, 9.17) is 4.74 Å². The van der Waals surface area contributed by atoms with Crippen molar-refractivity contribution in [1.82, 2.24) is 4.31 Å². The summed E-state index contributed by atoms with van der Waals surface area (Å²) < 4.78 is 32.6. The van der Waals surface area contributed by atoms with Crippen LogP contribution >= 0.6 is 0 Å². The minimum atomic E-state index is -3.68. The van der Waals surface area contributed by atoms with E-state index in [-0.39, 0.29) is 10.5 Å². The monoisotopic (exact) mass is 444 g/mol. The molecule has 7 nitrogen and oxygen atoms in total. The third-order valence-electron chi connectivity index (χ3n) is 5.31. The van der Waals surface area contributed by atoms with E-state index in [2.05, 4.69) is 5.32 Å². The van der Waals surface area contributed by atoms with Gasteiger partial charge in [0.05, 0.1) is 10.5 Å². The van der Waals surface area contributed by atoms with Crippen molar-refractivity contribution in [3.05, 3.63) is 59.2 Å². The lowest BCUT2D eigenvalue weighted by molar-refractivity contribution is -0.119. The first-order valence-electron chi connectivity index (χ1n) is 10.5. The molecule has 0 aromatic heterocycles. The van der Waals surface area contributed by atoms with Crippen molar-refractivity contribution in [2.24, 2.45) is 0 Å². The van der Waals surface area contributed by atoms with Crippen LogP contribution in [0.2, 0.25) is 0 Å². The Morgan fingerprint density at radius 3 is 2.52 bits per heavy atom. The number of esters is 1. The molecule has 31 heavy (non-hydrogen) atoms. The second-order valence-electron chi connectivity index (χ2n) is 7.62. The van der Waals surface area contributed by atoms with E-state index in [9.17, 15) is 18.0 Å². The molecular formula is C23H28N2O5S. The summed E-state index contributed by atoms with van der Waals surface area (Å²) in [4.78, 5) is 24.7. The van der Waals surface area contributed by atoms with Crippen LogP contribution in [-0.2, 0) is 26.0 Å². The van der Waals surface area contributed by atoms with Crippen molar-refractivity contribution in [2.45, 2.75) is 44.4 Å². The number of hydrogen-bond donors (Lipinski definition) is 1. The molecule has 166 valence electrons. The quantitative estimate of drug-likeness (QED) is 0.660. The van der Waals surface area contributed by atoms with Crippen LogP contribution in [-0.4, -0.2) is 44.3 Å². The summed E-state index contributed by atoms with van der Waals surface area (Å²) in [5.74, 6) is -1.21. The molecule has 1 aliphatic heterocycles. The summed E-state index contributed by atoms with van der Waals surface area (Å²) in [5, 5.41) is 2.69. The van der Waals surface area contributed by atoms with Gasteiger partial charge in [0, 0.05) is 18.8 Å². The lowest BCUT2D eigenvalue weighted by Crippen LogP contribution is -2.36. The Bertz CT molecular complexity index is 1060. The Balaban J connectivity index is 1.66. The second kappa shape index (κ2) is 10.1. The number of rotatable bonds is 7. The summed E-state index contributed by atoms with van der Waals surface area (Å²) in [5.41, 5.74) is 2.38. The van der Waals surface area contributed by atoms with Crippen LogP contribution in [0, 0.1) is 6.92 Å². The number of nitrogens with zero attached hydrogens (tertiary/aromatic N) is 1. The number of ether oxygens (including phenoxy) is 1. The van der Waals surface area contributed by atoms with E-state index in [1.165, 1.54) is 16.4 Å². The zero-order valence-electron chi connectivity index (χ0n) is 17.9. The van der Waals surface area contributed by atoms with E-state index >= 15 is 0 Å². The largest absolute Gasteiger partial charge is 0.452 e. The van der Waals surface area contributed by atoms with Gasteiger partial charge in [-0.2, -0.15) is 4.31 Å². The van der Waals surface area contributed by atoms with E-state index in [0.29, 0.717) is 24.3 Å². The van der Waals surface area contributed by atoms with Crippen LogP contribution in [0.15, 0.2) is 47.4 Å². The Morgan fingerprint density at radius 2 is 1.81 bits per heavy atom. The van der Waals surface area contributed by atoms with E-state index in [1.807, 2.05) is 25.1 Å². The molecule has 1 amide bonds. The zero-order chi connectivity index (χ0) is 22.4. The van der Waals surface area contributed by atoms with Crippen LogP contribution in [0.5, 0.6) is 0 Å². The Morgan fingerprint density at radius 1 is 1.06 bits per heavy atom. The summed E-state index contributed by atoms with van der Waals surface area (Å²) >= 11 is 0. The molecule has 0 bridgehead atoms. The molecule has 0 radical (unpaired) electrons. The number of aryl methyl sites for hydroxylation is 2. The molecule has 2 aromatic rings. The summed E-state index contributed by atoms with van der Waals surface area (Å²) in [7, 11) is -3.68. The average Bonchev–Trinajstić information content (AvgIpc) is 2.78. The summed E-state index contributed by atoms with van der Waals surface area (Å²) in [6, 6.07) is 11.9. The fourth-order valence-corrected chi connectivity index (χ4v) is 5.30. The minimum Gasteiger partial charge on any atom is -0.452 e. The number of benzene rings is 2. The fraction of sp³-hybridized carbons (Fsp3) is 0.391. The van der Waals surface area contributed by atoms with Gasteiger partial charge in [-0.05, 0) is 61.6 Å². The Labute approximate surface area is 183 Å². The molecule has 1 heterocycles. The standard InChI is InChI=1S/C23H28N2O5S/c1-3-18-8-7-9-20(14-18)24-22(26)16-30-23(27)19-11-10-17(2)21(15-19)31(28,29)25-12-5-4-6-13-25/h7-11,14-15H,3-6,12-13,16H2,1-2H3,(H,24,26). The lowest BCUT2D eigenvalue weighted by atomic mass is 10.1. The topological polar surface area (TPSA) is 92.8 Å². The maximum Gasteiger partial charge on any atom is 0.338 e. The van der Waals surface area contributed by atoms with Crippen molar-refractivity contribution < 1.29 is 22.7 Å². The van der Waals surface area contributed by atoms with Crippen LogP contribution in [0.1, 0.15) is 47.7 Å². The first-order chi connectivity index (χ1) is 14.8. The maximum absolute atomic E-state index is 13.0. The number of sulfonamides is 1. The van der Waals surface area contributed by atoms with E-state index in [0.717, 1.165) is 31.2 Å². The molecule has 0 unspecified atom stereocenters. The number of hydrogen-bond acceptors (Lipinski definition) is 5. The van der Waals surface area contributed by atoms with Gasteiger partial charge >= 0.3 is 5.97 Å². The number of amides is 1. The van der Waals surface area contributed by atoms with E-state index in [1.54, 1.807) is 19.1 Å². The number of nitrogens with one attached hydrogen (secondary N) is 1. The van der Waals surface area contributed by atoms with Gasteiger partial charge < -0.3 is 10.1 Å². The normalized spacial score (nSPS) is 14.8. The second-order valence-corrected chi connectivity index (χ2v) is 9.53. The minimum absolute atomic E-state index is 0.0990. The number of carbonyl (C=O) groups excluding carboxylic acids is 2. The molecule has 0 atom stereocenters. The molecule has 2 aromatic carbocycles. The third kappa shape index (κ3) is 5.71. The smallest absolute Gasteiger partial charge is 0.338 e. The summed E-state index contributed by atoms with van der Waals surface area (Å²) in [6.07, 6.45) is 3.52. The van der Waals surface area contributed by atoms with Crippen LogP contribution in [0.4, 0.5) is 5.69 Å². The van der Waals surface area contributed by atoms with Gasteiger partial charge in [-0.25, -0.2) is 13.2 Å². The SMILES string of the molecule is CCc1cccc(NC(=O)COC(=O)c2ccc(C)c(S(=O)(=O)N3CCCCC3)c2)c1. The molecule has 0 spiro atoms. The van der Waals surface area contributed by atoms with Crippen LogP contribution < -0.4 is 5.32 Å². The van der Waals surface area contributed by atoms with Crippen molar-refractivity contribution in [3.63, 3.8) is 0 Å². The molecule has 1 N–H and O–H groups in total. The first-order valence-corrected chi connectivity index (χ1v) is 11.9. The van der Waals surface area contributed by atoms with Gasteiger partial charge in [0.2, 0.25) is 10.0 Å². The van der Waals surface area contributed by atoms with Crippen LogP contribution in [0.3, 0.4) is 0 Å². The summed E-state index contributed by atoms with van der Waals surface area (Å²) in [6.45, 7) is 4.22. The Hall–Kier alpha value is -2.71. The van der Waals surface area contributed by atoms with Crippen molar-refractivity contribution in [1.29, 1.82) is 0 Å². The first kappa shape index (κ1) is 23.0. The number of anilines is 1. The molecule has 1 fully saturated rings. The van der Waals surface area contributed by atoms with Gasteiger partial charge in [0.25, 0.3) is 5.91 Å². The zero-order valence-corrected chi connectivity index (χ0v) is 18.7. The van der Waals surface area contributed by atoms with E-state index < -0.39 is 28.5 Å². The molecule has 8 heteroatoms.